The van der Waals surface area contributed by atoms with Gasteiger partial charge in [0, 0.05) is 25.2 Å². The second-order valence-corrected chi connectivity index (χ2v) is 5.62. The Kier molecular flexibility index (Phi) is 6.27. The van der Waals surface area contributed by atoms with Crippen LogP contribution in [-0.4, -0.2) is 21.8 Å². The molecule has 0 bridgehead atoms. The molecule has 1 heterocycles. The van der Waals surface area contributed by atoms with E-state index >= 15 is 0 Å². The second kappa shape index (κ2) is 8.44. The number of nitrogens with zero attached hydrogens (tertiary/aromatic N) is 2. The second-order valence-electron chi connectivity index (χ2n) is 5.13. The molecule has 2 aromatic rings. The van der Waals surface area contributed by atoms with Crippen LogP contribution in [0.2, 0.25) is 0 Å². The molecule has 1 aromatic heterocycles. The van der Waals surface area contributed by atoms with E-state index in [1.54, 1.807) is 16.8 Å². The highest BCUT2D eigenvalue weighted by molar-refractivity contribution is 7.80. The Morgan fingerprint density at radius 1 is 1.14 bits per heavy atom. The van der Waals surface area contributed by atoms with Gasteiger partial charge in [-0.15, -0.1) is 0 Å². The van der Waals surface area contributed by atoms with Crippen molar-refractivity contribution in [2.45, 2.75) is 32.2 Å². The summed E-state index contributed by atoms with van der Waals surface area (Å²) in [6.07, 6.45) is 3.90. The van der Waals surface area contributed by atoms with Gasteiger partial charge in [-0.3, -0.25) is 4.79 Å². The number of aryl methyl sites for hydroxylation is 1. The fraction of sp³-hybridized carbons (Fsp3) is 0.353. The minimum atomic E-state index is -0.0505. The fourth-order valence-electron chi connectivity index (χ4n) is 2.22. The Bertz CT molecular complexity index is 667. The predicted molar refractivity (Wildman–Crippen MR) is 94.1 cm³/mol. The van der Waals surface area contributed by atoms with Gasteiger partial charge in [0.2, 0.25) is 0 Å². The fourth-order valence-corrected chi connectivity index (χ4v) is 2.37. The molecule has 0 atom stereocenters. The van der Waals surface area contributed by atoms with Crippen molar-refractivity contribution in [2.24, 2.45) is 0 Å². The van der Waals surface area contributed by atoms with Crippen molar-refractivity contribution in [2.75, 3.05) is 7.05 Å². The van der Waals surface area contributed by atoms with E-state index in [-0.39, 0.29) is 5.56 Å². The smallest absolute Gasteiger partial charge is 0.266 e. The number of rotatable bonds is 7. The van der Waals surface area contributed by atoms with Crippen LogP contribution in [0.1, 0.15) is 25.7 Å². The molecule has 0 amide bonds. The molecular weight excluding hydrogens is 294 g/mol. The Morgan fingerprint density at radius 3 is 2.64 bits per heavy atom. The minimum Gasteiger partial charge on any atom is -0.383 e. The van der Waals surface area contributed by atoms with Crippen molar-refractivity contribution in [1.29, 1.82) is 0 Å². The van der Waals surface area contributed by atoms with Gasteiger partial charge < -0.3 is 5.32 Å². The predicted octanol–water partition coefficient (Wildman–Crippen LogP) is 3.02. The standard InChI is InChI=1S/C17H21N3OS/c1-18-16(22)10-6-3-7-13-20-17(21)12-11-15(19-20)14-8-4-2-5-9-14/h2,4-5,8-9,11-12H,3,6-7,10,13H2,1H3,(H,18,22). The van der Waals surface area contributed by atoms with Gasteiger partial charge in [-0.25, -0.2) is 4.68 Å². The monoisotopic (exact) mass is 315 g/mol. The van der Waals surface area contributed by atoms with Gasteiger partial charge in [-0.1, -0.05) is 49.0 Å². The van der Waals surface area contributed by atoms with Gasteiger partial charge >= 0.3 is 0 Å². The van der Waals surface area contributed by atoms with Crippen LogP contribution in [0.3, 0.4) is 0 Å². The van der Waals surface area contributed by atoms with E-state index in [4.69, 9.17) is 12.2 Å². The van der Waals surface area contributed by atoms with Crippen LogP contribution in [-0.2, 0) is 6.54 Å². The Morgan fingerprint density at radius 2 is 1.91 bits per heavy atom. The molecule has 0 fully saturated rings. The van der Waals surface area contributed by atoms with E-state index in [0.717, 1.165) is 41.9 Å². The lowest BCUT2D eigenvalue weighted by Crippen LogP contribution is -2.22. The highest BCUT2D eigenvalue weighted by atomic mass is 32.1. The van der Waals surface area contributed by atoms with Crippen LogP contribution < -0.4 is 10.9 Å². The molecule has 4 nitrogen and oxygen atoms in total. The summed E-state index contributed by atoms with van der Waals surface area (Å²) in [5.41, 5.74) is 1.80. The van der Waals surface area contributed by atoms with E-state index < -0.39 is 0 Å². The number of benzene rings is 1. The number of unbranched alkanes of at least 4 members (excludes halogenated alkanes) is 2. The molecule has 5 heteroatoms. The van der Waals surface area contributed by atoms with E-state index in [1.165, 1.54) is 0 Å². The Hall–Kier alpha value is -2.01. The van der Waals surface area contributed by atoms with E-state index in [2.05, 4.69) is 10.4 Å². The molecule has 22 heavy (non-hydrogen) atoms. The zero-order chi connectivity index (χ0) is 15.8. The molecule has 0 spiro atoms. The first-order valence-corrected chi connectivity index (χ1v) is 7.95. The normalized spacial score (nSPS) is 10.4. The van der Waals surface area contributed by atoms with Crippen LogP contribution in [0.4, 0.5) is 0 Å². The maximum absolute atomic E-state index is 11.9. The third-order valence-corrected chi connectivity index (χ3v) is 3.90. The maximum Gasteiger partial charge on any atom is 0.266 e. The Balaban J connectivity index is 1.94. The number of nitrogens with one attached hydrogen (secondary N) is 1. The van der Waals surface area contributed by atoms with Gasteiger partial charge in [0.15, 0.2) is 0 Å². The van der Waals surface area contributed by atoms with Crippen LogP contribution in [0.15, 0.2) is 47.3 Å². The van der Waals surface area contributed by atoms with Gasteiger partial charge in [-0.2, -0.15) is 5.10 Å². The average molecular weight is 315 g/mol. The summed E-state index contributed by atoms with van der Waals surface area (Å²) in [5.74, 6) is 0. The largest absolute Gasteiger partial charge is 0.383 e. The van der Waals surface area contributed by atoms with Crippen molar-refractivity contribution >= 4 is 17.2 Å². The summed E-state index contributed by atoms with van der Waals surface area (Å²) >= 11 is 5.11. The third kappa shape index (κ3) is 4.77. The topological polar surface area (TPSA) is 46.9 Å². The first-order chi connectivity index (χ1) is 10.7. The van der Waals surface area contributed by atoms with Gasteiger partial charge in [-0.05, 0) is 25.3 Å². The molecule has 0 aliphatic carbocycles. The minimum absolute atomic E-state index is 0.0505. The molecule has 0 saturated heterocycles. The highest BCUT2D eigenvalue weighted by Crippen LogP contribution is 2.14. The van der Waals surface area contributed by atoms with E-state index in [0.29, 0.717) is 6.54 Å². The van der Waals surface area contributed by atoms with Gasteiger partial charge in [0.05, 0.1) is 10.7 Å². The SMILES string of the molecule is CNC(=S)CCCCCn1nc(-c2ccccc2)ccc1=O. The summed E-state index contributed by atoms with van der Waals surface area (Å²) in [6.45, 7) is 0.645. The van der Waals surface area contributed by atoms with Gasteiger partial charge in [0.1, 0.15) is 0 Å². The lowest BCUT2D eigenvalue weighted by molar-refractivity contribution is 0.526. The first-order valence-electron chi connectivity index (χ1n) is 7.55. The zero-order valence-corrected chi connectivity index (χ0v) is 13.6. The van der Waals surface area contributed by atoms with Crippen molar-refractivity contribution < 1.29 is 0 Å². The number of hydrogen-bond donors (Lipinski definition) is 1. The van der Waals surface area contributed by atoms with Crippen molar-refractivity contribution in [1.82, 2.24) is 15.1 Å². The number of hydrogen-bond acceptors (Lipinski definition) is 3. The summed E-state index contributed by atoms with van der Waals surface area (Å²) in [4.78, 5) is 12.8. The van der Waals surface area contributed by atoms with Crippen molar-refractivity contribution in [3.8, 4) is 11.3 Å². The summed E-state index contributed by atoms with van der Waals surface area (Å²) in [5, 5.41) is 7.43. The van der Waals surface area contributed by atoms with Crippen LogP contribution in [0.5, 0.6) is 0 Å². The molecular formula is C17H21N3OS. The molecule has 116 valence electrons. The molecule has 0 radical (unpaired) electrons. The maximum atomic E-state index is 11.9. The number of thiocarbonyl (C=S) groups is 1. The molecule has 0 aliphatic heterocycles. The average Bonchev–Trinajstić information content (AvgIpc) is 2.56. The third-order valence-electron chi connectivity index (χ3n) is 3.49. The zero-order valence-electron chi connectivity index (χ0n) is 12.8. The summed E-state index contributed by atoms with van der Waals surface area (Å²) in [7, 11) is 1.85. The Labute approximate surface area is 136 Å². The summed E-state index contributed by atoms with van der Waals surface area (Å²) < 4.78 is 1.55. The van der Waals surface area contributed by atoms with Crippen molar-refractivity contribution in [3.05, 3.63) is 52.8 Å². The lowest BCUT2D eigenvalue weighted by atomic mass is 10.1. The molecule has 1 N–H and O–H groups in total. The van der Waals surface area contributed by atoms with Crippen LogP contribution >= 0.6 is 12.2 Å². The lowest BCUT2D eigenvalue weighted by Gasteiger charge is -2.07. The van der Waals surface area contributed by atoms with Crippen LogP contribution in [0, 0.1) is 0 Å². The molecule has 2 rings (SSSR count). The van der Waals surface area contributed by atoms with E-state index in [9.17, 15) is 4.79 Å². The molecule has 0 unspecified atom stereocenters. The molecule has 0 saturated carbocycles. The van der Waals surface area contributed by atoms with Gasteiger partial charge in [0.25, 0.3) is 5.56 Å². The molecule has 1 aromatic carbocycles. The van der Waals surface area contributed by atoms with E-state index in [1.807, 2.05) is 37.4 Å². The summed E-state index contributed by atoms with van der Waals surface area (Å²) in [6, 6.07) is 13.3. The van der Waals surface area contributed by atoms with Crippen LogP contribution in [0.25, 0.3) is 11.3 Å². The molecule has 0 aliphatic rings. The van der Waals surface area contributed by atoms with Crippen molar-refractivity contribution in [3.63, 3.8) is 0 Å². The quantitative estimate of drug-likeness (QED) is 0.630. The number of aromatic nitrogens is 2. The highest BCUT2D eigenvalue weighted by Gasteiger charge is 2.03. The first kappa shape index (κ1) is 16.4.